The van der Waals surface area contributed by atoms with E-state index in [9.17, 15) is 16.8 Å². The van der Waals surface area contributed by atoms with Gasteiger partial charge >= 0.3 is 0 Å². The first kappa shape index (κ1) is 17.2. The predicted octanol–water partition coefficient (Wildman–Crippen LogP) is 1.02. The predicted molar refractivity (Wildman–Crippen MR) is 80.0 cm³/mol. The molecule has 9 heteroatoms. The maximum atomic E-state index is 12.1. The molecule has 3 N–H and O–H groups in total. The topological polar surface area (TPSA) is 106 Å². The first-order valence-electron chi connectivity index (χ1n) is 5.61. The van der Waals surface area contributed by atoms with Gasteiger partial charge in [0.15, 0.2) is 9.84 Å². The maximum Gasteiger partial charge on any atom is 0.240 e. The van der Waals surface area contributed by atoms with Crippen LogP contribution in [0.3, 0.4) is 0 Å². The van der Waals surface area contributed by atoms with Crippen LogP contribution in [-0.2, 0) is 19.9 Å². The molecule has 6 nitrogen and oxygen atoms in total. The molecule has 0 fully saturated rings. The number of rotatable bonds is 5. The molecule has 0 atom stereocenters. The third-order valence-corrected chi connectivity index (χ3v) is 6.85. The number of benzene rings is 1. The standard InChI is InChI=1S/C11H17ClN2O4S2/c1-11(2,19(3,15)16)7-14-20(17,18)8-4-5-10(13)9(12)6-8/h4-6,14H,7,13H2,1-3H3. The highest BCUT2D eigenvalue weighted by Crippen LogP contribution is 2.23. The number of halogens is 1. The fourth-order valence-electron chi connectivity index (χ4n) is 1.16. The minimum atomic E-state index is -3.85. The largest absolute Gasteiger partial charge is 0.398 e. The summed E-state index contributed by atoms with van der Waals surface area (Å²) in [6.07, 6.45) is 1.06. The van der Waals surface area contributed by atoms with E-state index in [1.54, 1.807) is 0 Å². The van der Waals surface area contributed by atoms with Gasteiger partial charge in [-0.3, -0.25) is 0 Å². The van der Waals surface area contributed by atoms with Crippen LogP contribution < -0.4 is 10.5 Å². The summed E-state index contributed by atoms with van der Waals surface area (Å²) < 4.78 is 48.2. The van der Waals surface area contributed by atoms with Crippen molar-refractivity contribution in [3.05, 3.63) is 23.2 Å². The van der Waals surface area contributed by atoms with Gasteiger partial charge in [-0.1, -0.05) is 11.6 Å². The van der Waals surface area contributed by atoms with Gasteiger partial charge in [-0.05, 0) is 32.0 Å². The summed E-state index contributed by atoms with van der Waals surface area (Å²) >= 11 is 5.77. The third kappa shape index (κ3) is 3.85. The Morgan fingerprint density at radius 2 is 1.80 bits per heavy atom. The summed E-state index contributed by atoms with van der Waals surface area (Å²) in [6.45, 7) is 2.65. The van der Waals surface area contributed by atoms with E-state index in [2.05, 4.69) is 4.72 Å². The van der Waals surface area contributed by atoms with Crippen LogP contribution in [0.4, 0.5) is 5.69 Å². The zero-order valence-electron chi connectivity index (χ0n) is 11.3. The molecule has 0 unspecified atom stereocenters. The Morgan fingerprint density at radius 1 is 1.25 bits per heavy atom. The minimum Gasteiger partial charge on any atom is -0.398 e. The average Bonchev–Trinajstić information content (AvgIpc) is 2.29. The van der Waals surface area contributed by atoms with Crippen LogP contribution in [0, 0.1) is 0 Å². The first-order chi connectivity index (χ1) is 8.87. The van der Waals surface area contributed by atoms with Crippen molar-refractivity contribution in [1.82, 2.24) is 4.72 Å². The number of nitrogens with one attached hydrogen (secondary N) is 1. The molecule has 0 aliphatic rings. The zero-order valence-corrected chi connectivity index (χ0v) is 13.7. The van der Waals surface area contributed by atoms with Crippen LogP contribution in [0.1, 0.15) is 13.8 Å². The van der Waals surface area contributed by atoms with Crippen LogP contribution >= 0.6 is 11.6 Å². The lowest BCUT2D eigenvalue weighted by Gasteiger charge is -2.22. The van der Waals surface area contributed by atoms with Gasteiger partial charge in [-0.2, -0.15) is 0 Å². The van der Waals surface area contributed by atoms with Gasteiger partial charge in [0.05, 0.1) is 20.4 Å². The molecular weight excluding hydrogens is 324 g/mol. The van der Waals surface area contributed by atoms with E-state index in [0.717, 1.165) is 6.26 Å². The molecule has 114 valence electrons. The van der Waals surface area contributed by atoms with Gasteiger partial charge in [0, 0.05) is 12.8 Å². The molecule has 0 saturated carbocycles. The van der Waals surface area contributed by atoms with Crippen molar-refractivity contribution in [3.8, 4) is 0 Å². The molecule has 1 rings (SSSR count). The van der Waals surface area contributed by atoms with Crippen LogP contribution in [0.2, 0.25) is 5.02 Å². The summed E-state index contributed by atoms with van der Waals surface area (Å²) in [5, 5.41) is 0.121. The second kappa shape index (κ2) is 5.51. The summed E-state index contributed by atoms with van der Waals surface area (Å²) in [6, 6.07) is 3.89. The molecule has 1 aromatic carbocycles. The van der Waals surface area contributed by atoms with Crippen molar-refractivity contribution in [2.75, 3.05) is 18.5 Å². The van der Waals surface area contributed by atoms with Gasteiger partial charge in [0.25, 0.3) is 0 Å². The molecule has 1 aromatic rings. The molecule has 20 heavy (non-hydrogen) atoms. The highest BCUT2D eigenvalue weighted by molar-refractivity contribution is 7.92. The Bertz CT molecular complexity index is 712. The molecular formula is C11H17ClN2O4S2. The highest BCUT2D eigenvalue weighted by atomic mass is 35.5. The quantitative estimate of drug-likeness (QED) is 0.778. The average molecular weight is 341 g/mol. The number of hydrogen-bond acceptors (Lipinski definition) is 5. The van der Waals surface area contributed by atoms with Crippen LogP contribution in [0.25, 0.3) is 0 Å². The monoisotopic (exact) mass is 340 g/mol. The van der Waals surface area contributed by atoms with E-state index in [1.807, 2.05) is 0 Å². The van der Waals surface area contributed by atoms with Crippen LogP contribution in [-0.4, -0.2) is 34.4 Å². The molecule has 0 aliphatic carbocycles. The van der Waals surface area contributed by atoms with Crippen molar-refractivity contribution in [3.63, 3.8) is 0 Å². The third-order valence-electron chi connectivity index (χ3n) is 2.97. The number of sulfone groups is 1. The van der Waals surface area contributed by atoms with Crippen molar-refractivity contribution < 1.29 is 16.8 Å². The molecule has 0 saturated heterocycles. The molecule has 0 amide bonds. The Hall–Kier alpha value is -0.830. The fraction of sp³-hybridized carbons (Fsp3) is 0.455. The van der Waals surface area contributed by atoms with Crippen molar-refractivity contribution in [1.29, 1.82) is 0 Å². The lowest BCUT2D eigenvalue weighted by Crippen LogP contribution is -2.43. The number of hydrogen-bond donors (Lipinski definition) is 2. The van der Waals surface area contributed by atoms with E-state index in [-0.39, 0.29) is 22.2 Å². The smallest absolute Gasteiger partial charge is 0.240 e. The van der Waals surface area contributed by atoms with Gasteiger partial charge in [0.2, 0.25) is 10.0 Å². The first-order valence-corrected chi connectivity index (χ1v) is 9.36. The maximum absolute atomic E-state index is 12.1. The number of anilines is 1. The second-order valence-electron chi connectivity index (χ2n) is 5.04. The second-order valence-corrected chi connectivity index (χ2v) is 9.86. The minimum absolute atomic E-state index is 0.0685. The Balaban J connectivity index is 3.00. The summed E-state index contributed by atoms with van der Waals surface area (Å²) in [5.41, 5.74) is 5.77. The van der Waals surface area contributed by atoms with E-state index < -0.39 is 24.6 Å². The van der Waals surface area contributed by atoms with Gasteiger partial charge in [0.1, 0.15) is 0 Å². The summed E-state index contributed by atoms with van der Waals surface area (Å²) in [4.78, 5) is -0.0685. The summed E-state index contributed by atoms with van der Waals surface area (Å²) in [7, 11) is -7.24. The van der Waals surface area contributed by atoms with E-state index >= 15 is 0 Å². The Labute approximate surface area is 124 Å². The fourth-order valence-corrected chi connectivity index (χ4v) is 3.07. The number of nitrogens with two attached hydrogens (primary N) is 1. The molecule has 0 bridgehead atoms. The Kier molecular flexibility index (Phi) is 4.75. The molecule has 0 aliphatic heterocycles. The van der Waals surface area contributed by atoms with Gasteiger partial charge in [-0.25, -0.2) is 21.6 Å². The summed E-state index contributed by atoms with van der Waals surface area (Å²) in [5.74, 6) is 0. The lowest BCUT2D eigenvalue weighted by atomic mass is 10.2. The zero-order chi connectivity index (χ0) is 15.8. The van der Waals surface area contributed by atoms with E-state index in [1.165, 1.54) is 32.0 Å². The van der Waals surface area contributed by atoms with Crippen LogP contribution in [0.5, 0.6) is 0 Å². The van der Waals surface area contributed by atoms with Gasteiger partial charge in [-0.15, -0.1) is 0 Å². The number of sulfonamides is 1. The van der Waals surface area contributed by atoms with Crippen LogP contribution in [0.15, 0.2) is 23.1 Å². The normalized spacial score (nSPS) is 13.4. The highest BCUT2D eigenvalue weighted by Gasteiger charge is 2.32. The van der Waals surface area contributed by atoms with Gasteiger partial charge < -0.3 is 5.73 Å². The van der Waals surface area contributed by atoms with Crippen molar-refractivity contribution in [2.45, 2.75) is 23.5 Å². The molecule has 0 aromatic heterocycles. The molecule has 0 heterocycles. The van der Waals surface area contributed by atoms with E-state index in [4.69, 9.17) is 17.3 Å². The number of nitrogen functional groups attached to an aromatic ring is 1. The van der Waals surface area contributed by atoms with Crippen molar-refractivity contribution >= 4 is 37.1 Å². The Morgan fingerprint density at radius 3 is 2.25 bits per heavy atom. The van der Waals surface area contributed by atoms with E-state index in [0.29, 0.717) is 0 Å². The SMILES string of the molecule is CC(C)(CNS(=O)(=O)c1ccc(N)c(Cl)c1)S(C)(=O)=O. The lowest BCUT2D eigenvalue weighted by molar-refractivity contribution is 0.537. The van der Waals surface area contributed by atoms with Crippen molar-refractivity contribution in [2.24, 2.45) is 0 Å². The molecule has 0 spiro atoms. The molecule has 0 radical (unpaired) electrons.